The number of hydrogen-bond donors (Lipinski definition) is 1. The Morgan fingerprint density at radius 2 is 1.95 bits per heavy atom. The van der Waals surface area contributed by atoms with Gasteiger partial charge in [-0.3, -0.25) is 9.78 Å². The summed E-state index contributed by atoms with van der Waals surface area (Å²) in [5.41, 5.74) is 1.83. The van der Waals surface area contributed by atoms with Crippen molar-refractivity contribution in [2.45, 2.75) is 41.2 Å². The Morgan fingerprint density at radius 1 is 1.32 bits per heavy atom. The van der Waals surface area contributed by atoms with E-state index in [1.54, 1.807) is 17.1 Å². The van der Waals surface area contributed by atoms with Crippen LogP contribution in [-0.4, -0.2) is 25.9 Å². The molecule has 6 nitrogen and oxygen atoms in total. The first-order valence-corrected chi connectivity index (χ1v) is 7.39. The number of nitrogens with zero attached hydrogens (tertiary/aromatic N) is 4. The van der Waals surface area contributed by atoms with Gasteiger partial charge in [0.05, 0.1) is 12.2 Å². The fourth-order valence-electron chi connectivity index (χ4n) is 1.91. The summed E-state index contributed by atoms with van der Waals surface area (Å²) in [4.78, 5) is 16.3. The van der Waals surface area contributed by atoms with Gasteiger partial charge in [0.15, 0.2) is 5.82 Å². The molecule has 2 aromatic rings. The molecule has 2 aromatic heterocycles. The summed E-state index contributed by atoms with van der Waals surface area (Å²) in [5.74, 6) is 0.374. The average molecular weight is 301 g/mol. The highest BCUT2D eigenvalue weighted by Gasteiger charge is 2.27. The molecule has 0 saturated carbocycles. The van der Waals surface area contributed by atoms with Crippen LogP contribution in [-0.2, 0) is 11.3 Å². The van der Waals surface area contributed by atoms with Crippen LogP contribution in [0.5, 0.6) is 0 Å². The van der Waals surface area contributed by atoms with Crippen molar-refractivity contribution in [3.8, 4) is 0 Å². The molecule has 1 amide bonds. The van der Waals surface area contributed by atoms with Crippen LogP contribution in [0.15, 0.2) is 24.5 Å². The van der Waals surface area contributed by atoms with E-state index in [1.165, 1.54) is 0 Å². The van der Waals surface area contributed by atoms with Crippen molar-refractivity contribution in [2.75, 3.05) is 5.32 Å². The second-order valence-corrected chi connectivity index (χ2v) is 6.61. The minimum Gasteiger partial charge on any atom is -0.307 e. The molecule has 0 spiro atoms. The smallest absolute Gasteiger partial charge is 0.228 e. The van der Waals surface area contributed by atoms with Crippen molar-refractivity contribution >= 4 is 11.7 Å². The molecule has 0 unspecified atom stereocenters. The van der Waals surface area contributed by atoms with Crippen molar-refractivity contribution in [1.82, 2.24) is 20.0 Å². The van der Waals surface area contributed by atoms with Gasteiger partial charge >= 0.3 is 0 Å². The Bertz CT molecular complexity index is 642. The zero-order valence-corrected chi connectivity index (χ0v) is 13.8. The molecule has 0 aliphatic rings. The van der Waals surface area contributed by atoms with Gasteiger partial charge in [-0.2, -0.15) is 0 Å². The summed E-state index contributed by atoms with van der Waals surface area (Å²) in [6.45, 7) is 10.6. The van der Waals surface area contributed by atoms with E-state index in [0.717, 1.165) is 11.3 Å². The summed E-state index contributed by atoms with van der Waals surface area (Å²) < 4.78 is 1.77. The number of carbonyl (C=O) groups excluding carboxylic acids is 1. The fraction of sp³-hybridized carbons (Fsp3) is 0.500. The lowest BCUT2D eigenvalue weighted by Crippen LogP contribution is -2.31. The number of rotatable bonds is 4. The Hall–Kier alpha value is -2.24. The highest BCUT2D eigenvalue weighted by atomic mass is 16.2. The SMILES string of the molecule is Cc1c(NC(=O)[C@H](C)C(C)(C)C)nnn1Cc1ccncc1. The predicted octanol–water partition coefficient (Wildman–Crippen LogP) is 2.65. The molecule has 0 saturated heterocycles. The van der Waals surface area contributed by atoms with E-state index in [0.29, 0.717) is 12.4 Å². The van der Waals surface area contributed by atoms with Crippen LogP contribution < -0.4 is 5.32 Å². The minimum atomic E-state index is -0.114. The molecule has 6 heteroatoms. The van der Waals surface area contributed by atoms with E-state index < -0.39 is 0 Å². The monoisotopic (exact) mass is 301 g/mol. The second-order valence-electron chi connectivity index (χ2n) is 6.61. The molecule has 1 N–H and O–H groups in total. The normalized spacial score (nSPS) is 13.0. The number of anilines is 1. The third-order valence-electron chi connectivity index (χ3n) is 4.00. The zero-order valence-electron chi connectivity index (χ0n) is 13.8. The van der Waals surface area contributed by atoms with Crippen molar-refractivity contribution in [2.24, 2.45) is 11.3 Å². The molecular weight excluding hydrogens is 278 g/mol. The second kappa shape index (κ2) is 6.25. The zero-order chi connectivity index (χ0) is 16.3. The largest absolute Gasteiger partial charge is 0.307 e. The third-order valence-corrected chi connectivity index (χ3v) is 4.00. The number of hydrogen-bond acceptors (Lipinski definition) is 4. The quantitative estimate of drug-likeness (QED) is 0.942. The van der Waals surface area contributed by atoms with Gasteiger partial charge in [0.25, 0.3) is 0 Å². The van der Waals surface area contributed by atoms with Crippen molar-refractivity contribution in [3.05, 3.63) is 35.8 Å². The maximum Gasteiger partial charge on any atom is 0.228 e. The lowest BCUT2D eigenvalue weighted by atomic mass is 9.81. The van der Waals surface area contributed by atoms with Crippen LogP contribution in [0.25, 0.3) is 0 Å². The lowest BCUT2D eigenvalue weighted by Gasteiger charge is -2.25. The van der Waals surface area contributed by atoms with E-state index in [-0.39, 0.29) is 17.2 Å². The Morgan fingerprint density at radius 3 is 2.55 bits per heavy atom. The van der Waals surface area contributed by atoms with Crippen LogP contribution in [0.3, 0.4) is 0 Å². The van der Waals surface area contributed by atoms with Crippen LogP contribution in [0.1, 0.15) is 39.0 Å². The van der Waals surface area contributed by atoms with E-state index >= 15 is 0 Å². The van der Waals surface area contributed by atoms with Crippen LogP contribution in [0.2, 0.25) is 0 Å². The Balaban J connectivity index is 2.10. The van der Waals surface area contributed by atoms with Gasteiger partial charge in [-0.1, -0.05) is 32.9 Å². The standard InChI is InChI=1S/C16H23N5O/c1-11(16(3,4)5)15(22)18-14-12(2)21(20-19-14)10-13-6-8-17-9-7-13/h6-9,11H,10H2,1-5H3,(H,18,22)/t11-/m0/s1. The third kappa shape index (κ3) is 3.69. The van der Waals surface area contributed by atoms with Gasteiger partial charge in [-0.15, -0.1) is 5.10 Å². The van der Waals surface area contributed by atoms with Gasteiger partial charge in [-0.25, -0.2) is 4.68 Å². The molecule has 0 bridgehead atoms. The minimum absolute atomic E-state index is 0.0356. The molecule has 2 rings (SSSR count). The lowest BCUT2D eigenvalue weighted by molar-refractivity contribution is -0.122. The van der Waals surface area contributed by atoms with Gasteiger partial charge in [0, 0.05) is 18.3 Å². The van der Waals surface area contributed by atoms with Crippen LogP contribution in [0, 0.1) is 18.3 Å². The molecule has 2 heterocycles. The van der Waals surface area contributed by atoms with Crippen LogP contribution in [0.4, 0.5) is 5.82 Å². The first-order valence-electron chi connectivity index (χ1n) is 7.39. The summed E-state index contributed by atoms with van der Waals surface area (Å²) in [5, 5.41) is 11.1. The van der Waals surface area contributed by atoms with Gasteiger partial charge < -0.3 is 5.32 Å². The van der Waals surface area contributed by atoms with E-state index in [1.807, 2.05) is 46.8 Å². The Kier molecular flexibility index (Phi) is 4.59. The number of nitrogens with one attached hydrogen (secondary N) is 1. The average Bonchev–Trinajstić information content (AvgIpc) is 2.79. The molecule has 0 fully saturated rings. The predicted molar refractivity (Wildman–Crippen MR) is 85.3 cm³/mol. The van der Waals surface area contributed by atoms with Gasteiger partial charge in [-0.05, 0) is 30.0 Å². The van der Waals surface area contributed by atoms with Gasteiger partial charge in [0.1, 0.15) is 0 Å². The number of carbonyl (C=O) groups is 1. The fourth-order valence-corrected chi connectivity index (χ4v) is 1.91. The summed E-state index contributed by atoms with van der Waals surface area (Å²) in [6.07, 6.45) is 3.49. The van der Waals surface area contributed by atoms with Crippen LogP contribution >= 0.6 is 0 Å². The first-order chi connectivity index (χ1) is 10.3. The topological polar surface area (TPSA) is 72.7 Å². The molecule has 1 atom stereocenters. The van der Waals surface area contributed by atoms with E-state index in [9.17, 15) is 4.79 Å². The van der Waals surface area contributed by atoms with Crippen molar-refractivity contribution in [3.63, 3.8) is 0 Å². The number of pyridine rings is 1. The molecule has 0 aliphatic carbocycles. The maximum absolute atomic E-state index is 12.3. The summed E-state index contributed by atoms with van der Waals surface area (Å²) in [6, 6.07) is 3.86. The number of aromatic nitrogens is 4. The highest BCUT2D eigenvalue weighted by molar-refractivity contribution is 5.92. The van der Waals surface area contributed by atoms with E-state index in [2.05, 4.69) is 20.6 Å². The first kappa shape index (κ1) is 16.1. The molecule has 0 aromatic carbocycles. The molecule has 0 aliphatic heterocycles. The van der Waals surface area contributed by atoms with E-state index in [4.69, 9.17) is 0 Å². The molecule has 118 valence electrons. The summed E-state index contributed by atoms with van der Waals surface area (Å²) >= 11 is 0. The molecule has 22 heavy (non-hydrogen) atoms. The highest BCUT2D eigenvalue weighted by Crippen LogP contribution is 2.26. The molecule has 0 radical (unpaired) electrons. The molecular formula is C16H23N5O. The Labute approximate surface area is 130 Å². The van der Waals surface area contributed by atoms with Crippen molar-refractivity contribution < 1.29 is 4.79 Å². The maximum atomic E-state index is 12.3. The van der Waals surface area contributed by atoms with Gasteiger partial charge in [0.2, 0.25) is 5.91 Å². The summed E-state index contributed by atoms with van der Waals surface area (Å²) in [7, 11) is 0. The van der Waals surface area contributed by atoms with Crippen molar-refractivity contribution in [1.29, 1.82) is 0 Å². The number of amides is 1.